The highest BCUT2D eigenvalue weighted by Gasteiger charge is 2.14. The van der Waals surface area contributed by atoms with E-state index in [2.05, 4.69) is 29.4 Å². The molecule has 146 valence electrons. The third-order valence-corrected chi connectivity index (χ3v) is 6.13. The van der Waals surface area contributed by atoms with Crippen molar-refractivity contribution in [2.45, 2.75) is 17.7 Å². The third kappa shape index (κ3) is 4.21. The fourth-order valence-electron chi connectivity index (χ4n) is 3.11. The van der Waals surface area contributed by atoms with Crippen LogP contribution in [0, 0.1) is 5.82 Å². The molecule has 1 heterocycles. The molecule has 4 rings (SSSR count). The van der Waals surface area contributed by atoms with Crippen molar-refractivity contribution in [1.82, 2.24) is 5.32 Å². The minimum atomic E-state index is -0.476. The molecule has 29 heavy (non-hydrogen) atoms. The van der Waals surface area contributed by atoms with Gasteiger partial charge in [0.15, 0.2) is 0 Å². The van der Waals surface area contributed by atoms with Gasteiger partial charge in [0.05, 0.1) is 16.1 Å². The molecule has 0 saturated heterocycles. The Morgan fingerprint density at radius 3 is 2.76 bits per heavy atom. The lowest BCUT2D eigenvalue weighted by Crippen LogP contribution is -2.27. The number of nitrogens with zero attached hydrogens (tertiary/aromatic N) is 1. The second kappa shape index (κ2) is 8.39. The Morgan fingerprint density at radius 1 is 1.17 bits per heavy atom. The summed E-state index contributed by atoms with van der Waals surface area (Å²) in [6, 6.07) is 18.3. The highest BCUT2D eigenvalue weighted by Crippen LogP contribution is 2.32. The van der Waals surface area contributed by atoms with Crippen LogP contribution in [-0.4, -0.2) is 12.5 Å². The van der Waals surface area contributed by atoms with E-state index in [0.717, 1.165) is 10.6 Å². The highest BCUT2D eigenvalue weighted by atomic mass is 35.5. The number of hydrogen-bond acceptors (Lipinski definition) is 3. The molecule has 3 nitrogen and oxygen atoms in total. The average Bonchev–Trinajstić information content (AvgIpc) is 2.94. The van der Waals surface area contributed by atoms with Crippen LogP contribution >= 0.6 is 23.4 Å². The zero-order valence-corrected chi connectivity index (χ0v) is 17.2. The van der Waals surface area contributed by atoms with E-state index >= 15 is 0 Å². The van der Waals surface area contributed by atoms with Crippen LogP contribution in [-0.2, 0) is 0 Å². The molecule has 1 unspecified atom stereocenters. The number of amides is 1. The predicted octanol–water partition coefficient (Wildman–Crippen LogP) is 4.81. The van der Waals surface area contributed by atoms with Crippen LogP contribution in [0.4, 0.5) is 10.1 Å². The van der Waals surface area contributed by atoms with Crippen molar-refractivity contribution in [2.24, 2.45) is 4.99 Å². The number of carbonyl (C=O) groups excluding carboxylic acids is 1. The Labute approximate surface area is 177 Å². The quantitative estimate of drug-likeness (QED) is 0.653. The van der Waals surface area contributed by atoms with E-state index in [9.17, 15) is 9.18 Å². The number of fused-ring (bicyclic) bond motifs is 2. The highest BCUT2D eigenvalue weighted by molar-refractivity contribution is 8.06. The summed E-state index contributed by atoms with van der Waals surface area (Å²) in [5.74, 6) is -0.400. The average molecular weight is 425 g/mol. The first-order chi connectivity index (χ1) is 14.0. The van der Waals surface area contributed by atoms with Crippen molar-refractivity contribution in [2.75, 3.05) is 6.54 Å². The van der Waals surface area contributed by atoms with Gasteiger partial charge < -0.3 is 5.32 Å². The molecule has 0 saturated carbocycles. The number of benzene rings is 3. The van der Waals surface area contributed by atoms with Crippen LogP contribution in [0.15, 0.2) is 70.6 Å². The van der Waals surface area contributed by atoms with Crippen LogP contribution in [0.3, 0.4) is 0 Å². The maximum Gasteiger partial charge on any atom is 0.251 e. The topological polar surface area (TPSA) is 41.5 Å². The van der Waals surface area contributed by atoms with Crippen LogP contribution < -0.4 is 15.9 Å². The third-order valence-electron chi connectivity index (χ3n) is 4.81. The maximum atomic E-state index is 13.8. The Hall–Kier alpha value is -2.63. The van der Waals surface area contributed by atoms with Crippen molar-refractivity contribution in [3.05, 3.63) is 93.2 Å². The van der Waals surface area contributed by atoms with Crippen molar-refractivity contribution in [1.29, 1.82) is 0 Å². The number of rotatable bonds is 4. The molecule has 6 heteroatoms. The lowest BCUT2D eigenvalue weighted by molar-refractivity contribution is 0.0951. The van der Waals surface area contributed by atoms with Gasteiger partial charge in [0.2, 0.25) is 0 Å². The summed E-state index contributed by atoms with van der Waals surface area (Å²) in [6.45, 7) is 2.63. The van der Waals surface area contributed by atoms with Gasteiger partial charge in [-0.05, 0) is 47.2 Å². The summed E-state index contributed by atoms with van der Waals surface area (Å²) in [7, 11) is 0. The molecule has 0 bridgehead atoms. The Morgan fingerprint density at radius 2 is 1.97 bits per heavy atom. The molecular formula is C23H18ClFN2OS. The van der Waals surface area contributed by atoms with Gasteiger partial charge in [0.1, 0.15) is 5.82 Å². The number of thioether (sulfide) groups is 1. The first-order valence-electron chi connectivity index (χ1n) is 9.20. The molecule has 1 N–H and O–H groups in total. The summed E-state index contributed by atoms with van der Waals surface area (Å²) < 4.78 is 13.8. The van der Waals surface area contributed by atoms with E-state index in [1.54, 1.807) is 29.7 Å². The van der Waals surface area contributed by atoms with Gasteiger partial charge in [-0.25, -0.2) is 9.38 Å². The Balaban J connectivity index is 1.54. The van der Waals surface area contributed by atoms with E-state index < -0.39 is 5.82 Å². The summed E-state index contributed by atoms with van der Waals surface area (Å²) >= 11 is 7.46. The first-order valence-corrected chi connectivity index (χ1v) is 10.5. The second-order valence-electron chi connectivity index (χ2n) is 6.85. The van der Waals surface area contributed by atoms with Crippen LogP contribution in [0.2, 0.25) is 5.02 Å². The zero-order chi connectivity index (χ0) is 20.4. The predicted molar refractivity (Wildman–Crippen MR) is 116 cm³/mol. The van der Waals surface area contributed by atoms with Crippen molar-refractivity contribution >= 4 is 40.4 Å². The monoisotopic (exact) mass is 424 g/mol. The maximum absolute atomic E-state index is 13.8. The van der Waals surface area contributed by atoms with Crippen LogP contribution in [0.5, 0.6) is 0 Å². The van der Waals surface area contributed by atoms with E-state index in [4.69, 9.17) is 11.6 Å². The summed E-state index contributed by atoms with van der Waals surface area (Å²) in [6.07, 6.45) is 0. The number of halogens is 2. The van der Waals surface area contributed by atoms with Crippen LogP contribution in [0.25, 0.3) is 5.41 Å². The molecule has 1 aliphatic rings. The minimum Gasteiger partial charge on any atom is -0.351 e. The van der Waals surface area contributed by atoms with Gasteiger partial charge in [0, 0.05) is 22.2 Å². The Bertz CT molecular complexity index is 1200. The molecule has 1 aliphatic heterocycles. The van der Waals surface area contributed by atoms with Crippen molar-refractivity contribution in [3.63, 3.8) is 0 Å². The normalized spacial score (nSPS) is 13.2. The zero-order valence-electron chi connectivity index (χ0n) is 15.7. The SMILES string of the molecule is CC(CNC(=O)c1ccc2c(c1)SC=c1c(Cl)c(F)ccc1=N2)c1ccccc1. The molecule has 1 amide bonds. The first kappa shape index (κ1) is 19.7. The fraction of sp³-hybridized carbons (Fsp3) is 0.130. The molecule has 3 aromatic carbocycles. The van der Waals surface area contributed by atoms with Gasteiger partial charge in [-0.3, -0.25) is 4.79 Å². The van der Waals surface area contributed by atoms with Gasteiger partial charge in [-0.2, -0.15) is 0 Å². The molecule has 3 aromatic rings. The smallest absolute Gasteiger partial charge is 0.251 e. The fourth-order valence-corrected chi connectivity index (χ4v) is 4.30. The molecule has 0 spiro atoms. The Kier molecular flexibility index (Phi) is 5.69. The largest absolute Gasteiger partial charge is 0.351 e. The van der Waals surface area contributed by atoms with Gasteiger partial charge in [0.25, 0.3) is 5.91 Å². The standard InChI is InChI=1S/C23H18ClFN2OS/c1-14(15-5-3-2-4-6-15)12-26-23(28)16-7-9-20-21(11-16)29-13-17-19(27-20)10-8-18(25)22(17)24/h2-11,13-14H,12H2,1H3,(H,26,28). The van der Waals surface area contributed by atoms with Crippen molar-refractivity contribution < 1.29 is 9.18 Å². The summed E-state index contributed by atoms with van der Waals surface area (Å²) in [5.41, 5.74) is 2.46. The molecule has 0 aliphatic carbocycles. The number of carbonyl (C=O) groups is 1. The molecule has 0 fully saturated rings. The van der Waals surface area contributed by atoms with E-state index in [0.29, 0.717) is 22.7 Å². The molecule has 0 aromatic heterocycles. The molecular weight excluding hydrogens is 407 g/mol. The van der Waals surface area contributed by atoms with Gasteiger partial charge >= 0.3 is 0 Å². The lowest BCUT2D eigenvalue weighted by Gasteiger charge is -2.13. The lowest BCUT2D eigenvalue weighted by atomic mass is 10.0. The van der Waals surface area contributed by atoms with E-state index in [-0.39, 0.29) is 16.8 Å². The molecule has 0 radical (unpaired) electrons. The van der Waals surface area contributed by atoms with Gasteiger partial charge in [-0.1, -0.05) is 60.6 Å². The van der Waals surface area contributed by atoms with E-state index in [1.165, 1.54) is 23.4 Å². The van der Waals surface area contributed by atoms with Crippen LogP contribution in [0.1, 0.15) is 28.8 Å². The number of nitrogens with one attached hydrogen (secondary N) is 1. The second-order valence-corrected chi connectivity index (χ2v) is 8.14. The van der Waals surface area contributed by atoms with E-state index in [1.807, 2.05) is 18.2 Å². The summed E-state index contributed by atoms with van der Waals surface area (Å²) in [4.78, 5) is 18.0. The summed E-state index contributed by atoms with van der Waals surface area (Å²) in [5, 5.41) is 5.98. The number of hydrogen-bond donors (Lipinski definition) is 1. The van der Waals surface area contributed by atoms with Crippen molar-refractivity contribution in [3.8, 4) is 0 Å². The minimum absolute atomic E-state index is 0.0550. The van der Waals surface area contributed by atoms with Gasteiger partial charge in [-0.15, -0.1) is 0 Å². The molecule has 1 atom stereocenters.